The zero-order chi connectivity index (χ0) is 17.1. The van der Waals surface area contributed by atoms with Gasteiger partial charge in [0.05, 0.1) is 6.04 Å². The molecule has 0 aromatic heterocycles. The number of nitrogens with zero attached hydrogens (tertiary/aromatic N) is 1. The van der Waals surface area contributed by atoms with E-state index in [0.29, 0.717) is 10.9 Å². The first-order valence-corrected chi connectivity index (χ1v) is 9.31. The van der Waals surface area contributed by atoms with E-state index in [1.54, 1.807) is 0 Å². The maximum atomic E-state index is 6.55. The summed E-state index contributed by atoms with van der Waals surface area (Å²) in [5.74, 6) is 0.538. The van der Waals surface area contributed by atoms with Crippen LogP contribution in [0.5, 0.6) is 0 Å². The highest BCUT2D eigenvalue weighted by Crippen LogP contribution is 2.35. The molecular weight excluding hydrogens is 339 g/mol. The lowest BCUT2D eigenvalue weighted by atomic mass is 9.93. The number of nitrogens with one attached hydrogen (secondary N) is 1. The third kappa shape index (κ3) is 3.94. The summed E-state index contributed by atoms with van der Waals surface area (Å²) >= 11 is 12.6. The Hall–Kier alpha value is -1.06. The molecule has 0 bridgehead atoms. The first-order valence-electron chi connectivity index (χ1n) is 8.56. The molecule has 2 nitrogen and oxygen atoms in total. The van der Waals surface area contributed by atoms with Gasteiger partial charge in [-0.3, -0.25) is 4.90 Å². The van der Waals surface area contributed by atoms with Crippen molar-refractivity contribution in [2.75, 3.05) is 26.2 Å². The summed E-state index contributed by atoms with van der Waals surface area (Å²) in [4.78, 5) is 2.50. The highest BCUT2D eigenvalue weighted by molar-refractivity contribution is 6.35. The van der Waals surface area contributed by atoms with E-state index < -0.39 is 0 Å². The zero-order valence-electron chi connectivity index (χ0n) is 14.2. The van der Waals surface area contributed by atoms with Crippen LogP contribution in [0.4, 0.5) is 0 Å². The van der Waals surface area contributed by atoms with Gasteiger partial charge in [-0.15, -0.1) is 0 Å². The monoisotopic (exact) mass is 362 g/mol. The first-order chi connectivity index (χ1) is 11.6. The molecule has 1 saturated heterocycles. The van der Waals surface area contributed by atoms with E-state index in [9.17, 15) is 0 Å². The molecule has 0 aliphatic carbocycles. The van der Waals surface area contributed by atoms with Crippen molar-refractivity contribution in [3.63, 3.8) is 0 Å². The minimum absolute atomic E-state index is 0.165. The molecule has 0 radical (unpaired) electrons. The van der Waals surface area contributed by atoms with Crippen molar-refractivity contribution in [3.8, 4) is 0 Å². The molecule has 1 unspecified atom stereocenters. The van der Waals surface area contributed by atoms with Gasteiger partial charge < -0.3 is 5.32 Å². The maximum Gasteiger partial charge on any atom is 0.0617 e. The SMILES string of the molecule is CC(C)c1ccc(C(c2ccc(Cl)cc2Cl)N2CCNCC2)cc1. The van der Waals surface area contributed by atoms with Crippen LogP contribution in [-0.2, 0) is 0 Å². The van der Waals surface area contributed by atoms with Crippen molar-refractivity contribution in [1.29, 1.82) is 0 Å². The Labute approximate surface area is 154 Å². The predicted molar refractivity (Wildman–Crippen MR) is 103 cm³/mol. The molecule has 128 valence electrons. The molecule has 0 spiro atoms. The summed E-state index contributed by atoms with van der Waals surface area (Å²) in [5.41, 5.74) is 3.77. The summed E-state index contributed by atoms with van der Waals surface area (Å²) in [6, 6.07) is 15.0. The Morgan fingerprint density at radius 2 is 1.54 bits per heavy atom. The molecular formula is C20H24Cl2N2. The lowest BCUT2D eigenvalue weighted by Crippen LogP contribution is -2.45. The van der Waals surface area contributed by atoms with E-state index in [1.807, 2.05) is 12.1 Å². The van der Waals surface area contributed by atoms with E-state index in [1.165, 1.54) is 11.1 Å². The second-order valence-corrected chi connectivity index (χ2v) is 7.52. The fraction of sp³-hybridized carbons (Fsp3) is 0.400. The minimum Gasteiger partial charge on any atom is -0.314 e. The molecule has 1 aliphatic rings. The molecule has 1 aliphatic heterocycles. The first kappa shape index (κ1) is 17.8. The van der Waals surface area contributed by atoms with Crippen LogP contribution in [0.15, 0.2) is 42.5 Å². The van der Waals surface area contributed by atoms with Gasteiger partial charge >= 0.3 is 0 Å². The lowest BCUT2D eigenvalue weighted by molar-refractivity contribution is 0.198. The summed E-state index contributed by atoms with van der Waals surface area (Å²) in [6.45, 7) is 8.47. The van der Waals surface area contributed by atoms with Crippen molar-refractivity contribution in [2.24, 2.45) is 0 Å². The highest BCUT2D eigenvalue weighted by atomic mass is 35.5. The summed E-state index contributed by atoms with van der Waals surface area (Å²) in [6.07, 6.45) is 0. The minimum atomic E-state index is 0.165. The summed E-state index contributed by atoms with van der Waals surface area (Å²) < 4.78 is 0. The molecule has 0 saturated carbocycles. The maximum absolute atomic E-state index is 6.55. The van der Waals surface area contributed by atoms with Crippen LogP contribution in [0.25, 0.3) is 0 Å². The van der Waals surface area contributed by atoms with E-state index in [2.05, 4.69) is 54.4 Å². The number of hydrogen-bond acceptors (Lipinski definition) is 2. The van der Waals surface area contributed by atoms with Crippen LogP contribution in [0.1, 0.15) is 42.5 Å². The van der Waals surface area contributed by atoms with E-state index in [4.69, 9.17) is 23.2 Å². The fourth-order valence-electron chi connectivity index (χ4n) is 3.31. The fourth-order valence-corrected chi connectivity index (χ4v) is 3.83. The molecule has 24 heavy (non-hydrogen) atoms. The largest absolute Gasteiger partial charge is 0.314 e. The molecule has 0 amide bonds. The summed E-state index contributed by atoms with van der Waals surface area (Å²) in [5, 5.41) is 4.84. The van der Waals surface area contributed by atoms with Crippen molar-refractivity contribution in [3.05, 3.63) is 69.2 Å². The normalized spacial score (nSPS) is 17.2. The van der Waals surface area contributed by atoms with Crippen molar-refractivity contribution in [2.45, 2.75) is 25.8 Å². The van der Waals surface area contributed by atoms with Gasteiger partial charge in [0.2, 0.25) is 0 Å². The molecule has 3 rings (SSSR count). The van der Waals surface area contributed by atoms with E-state index in [-0.39, 0.29) is 6.04 Å². The Kier molecular flexibility index (Phi) is 5.83. The molecule has 1 N–H and O–H groups in total. The third-order valence-corrected chi connectivity index (χ3v) is 5.26. The van der Waals surface area contributed by atoms with Crippen molar-refractivity contribution < 1.29 is 0 Å². The van der Waals surface area contributed by atoms with E-state index in [0.717, 1.165) is 36.8 Å². The standard InChI is InChI=1S/C20H24Cl2N2/c1-14(2)15-3-5-16(6-4-15)20(24-11-9-23-10-12-24)18-8-7-17(21)13-19(18)22/h3-8,13-14,20,23H,9-12H2,1-2H3. The van der Waals surface area contributed by atoms with Gasteiger partial charge in [0, 0.05) is 36.2 Å². The van der Waals surface area contributed by atoms with Gasteiger partial charge in [-0.25, -0.2) is 0 Å². The lowest BCUT2D eigenvalue weighted by Gasteiger charge is -2.36. The number of benzene rings is 2. The average Bonchev–Trinajstić information content (AvgIpc) is 2.58. The van der Waals surface area contributed by atoms with Gasteiger partial charge in [-0.05, 0) is 34.7 Å². The number of piperazine rings is 1. The second kappa shape index (κ2) is 7.88. The number of hydrogen-bond donors (Lipinski definition) is 1. The molecule has 1 fully saturated rings. The Balaban J connectivity index is 2.00. The number of rotatable bonds is 4. The molecule has 1 atom stereocenters. The van der Waals surface area contributed by atoms with Gasteiger partial charge in [-0.2, -0.15) is 0 Å². The molecule has 1 heterocycles. The quantitative estimate of drug-likeness (QED) is 0.812. The zero-order valence-corrected chi connectivity index (χ0v) is 15.7. The van der Waals surface area contributed by atoms with Gasteiger partial charge in [-0.1, -0.05) is 67.4 Å². The van der Waals surface area contributed by atoms with Crippen LogP contribution in [0.2, 0.25) is 10.0 Å². The molecule has 2 aromatic carbocycles. The van der Waals surface area contributed by atoms with Gasteiger partial charge in [0.1, 0.15) is 0 Å². The molecule has 2 aromatic rings. The van der Waals surface area contributed by atoms with Gasteiger partial charge in [0.15, 0.2) is 0 Å². The van der Waals surface area contributed by atoms with Crippen LogP contribution < -0.4 is 5.32 Å². The van der Waals surface area contributed by atoms with Crippen LogP contribution in [-0.4, -0.2) is 31.1 Å². The second-order valence-electron chi connectivity index (χ2n) is 6.68. The van der Waals surface area contributed by atoms with E-state index >= 15 is 0 Å². The third-order valence-electron chi connectivity index (χ3n) is 4.69. The highest BCUT2D eigenvalue weighted by Gasteiger charge is 2.25. The van der Waals surface area contributed by atoms with Crippen LogP contribution in [0.3, 0.4) is 0 Å². The molecule has 4 heteroatoms. The average molecular weight is 363 g/mol. The van der Waals surface area contributed by atoms with Gasteiger partial charge in [0.25, 0.3) is 0 Å². The topological polar surface area (TPSA) is 15.3 Å². The van der Waals surface area contributed by atoms with Crippen LogP contribution in [0, 0.1) is 0 Å². The van der Waals surface area contributed by atoms with Crippen LogP contribution >= 0.6 is 23.2 Å². The Morgan fingerprint density at radius 1 is 0.917 bits per heavy atom. The van der Waals surface area contributed by atoms with Crippen molar-refractivity contribution >= 4 is 23.2 Å². The smallest absolute Gasteiger partial charge is 0.0617 e. The number of halogens is 2. The van der Waals surface area contributed by atoms with Crippen molar-refractivity contribution in [1.82, 2.24) is 10.2 Å². The summed E-state index contributed by atoms with van der Waals surface area (Å²) in [7, 11) is 0. The Bertz CT molecular complexity index is 677. The Morgan fingerprint density at radius 3 is 2.12 bits per heavy atom. The predicted octanol–water partition coefficient (Wildman–Crippen LogP) is 5.11.